The van der Waals surface area contributed by atoms with E-state index in [2.05, 4.69) is 0 Å². The fourth-order valence-corrected chi connectivity index (χ4v) is 5.48. The van der Waals surface area contributed by atoms with Gasteiger partial charge in [-0.05, 0) is 36.3 Å². The largest absolute Gasteiger partial charge is 0.393 e. The number of para-hydroxylation sites is 1. The third-order valence-corrected chi connectivity index (χ3v) is 6.66. The zero-order chi connectivity index (χ0) is 16.4. The van der Waals surface area contributed by atoms with E-state index >= 15 is 0 Å². The number of hydrogen-bond donors (Lipinski definition) is 0. The molecule has 0 aliphatic heterocycles. The molecule has 0 radical (unpaired) electrons. The molecule has 0 saturated heterocycles. The molecule has 1 aliphatic carbocycles. The van der Waals surface area contributed by atoms with Crippen molar-refractivity contribution in [3.63, 3.8) is 0 Å². The highest BCUT2D eigenvalue weighted by Gasteiger charge is 2.39. The van der Waals surface area contributed by atoms with Gasteiger partial charge in [-0.15, -0.1) is 0 Å². The van der Waals surface area contributed by atoms with E-state index in [9.17, 15) is 9.00 Å². The van der Waals surface area contributed by atoms with Gasteiger partial charge in [0.2, 0.25) is 0 Å². The lowest BCUT2D eigenvalue weighted by molar-refractivity contribution is 0.103. The van der Waals surface area contributed by atoms with E-state index in [4.69, 9.17) is 15.8 Å². The minimum absolute atomic E-state index is 0.0627. The molecule has 1 aliphatic rings. The summed E-state index contributed by atoms with van der Waals surface area (Å²) in [5, 5.41) is 0. The second-order valence-electron chi connectivity index (χ2n) is 5.03. The number of hydrogen-bond acceptors (Lipinski definition) is 4. The van der Waals surface area contributed by atoms with Crippen molar-refractivity contribution in [2.75, 3.05) is 0 Å². The highest BCUT2D eigenvalue weighted by Crippen LogP contribution is 2.49. The number of Topliss-reactive ketones (excluding diaryl/α,β-unsaturated/α-hetero) is 1. The molecule has 0 N–H and O–H groups in total. The first-order chi connectivity index (χ1) is 11.0. The summed E-state index contributed by atoms with van der Waals surface area (Å²) in [4.78, 5) is 12.2. The molecule has 118 valence electrons. The summed E-state index contributed by atoms with van der Waals surface area (Å²) >= 11 is 6.69. The van der Waals surface area contributed by atoms with Crippen molar-refractivity contribution in [3.8, 4) is 5.75 Å². The van der Waals surface area contributed by atoms with Crippen LogP contribution >= 0.6 is 22.4 Å². The zero-order valence-corrected chi connectivity index (χ0v) is 14.6. The van der Waals surface area contributed by atoms with Gasteiger partial charge in [0.1, 0.15) is 9.96 Å². The summed E-state index contributed by atoms with van der Waals surface area (Å²) in [6.07, 6.45) is 1.64. The number of ketones is 1. The minimum atomic E-state index is -1.71. The molecule has 3 rings (SSSR count). The van der Waals surface area contributed by atoms with Gasteiger partial charge in [-0.1, -0.05) is 54.1 Å². The SMILES string of the molecule is CC1=CC(Cl)(SS(=O)Oc2ccccc2)c2ccccc2C1=O. The van der Waals surface area contributed by atoms with Crippen molar-refractivity contribution in [3.05, 3.63) is 77.4 Å². The van der Waals surface area contributed by atoms with Crippen molar-refractivity contribution in [2.24, 2.45) is 0 Å². The topological polar surface area (TPSA) is 43.4 Å². The monoisotopic (exact) mass is 364 g/mol. The Kier molecular flexibility index (Phi) is 4.62. The molecule has 0 bridgehead atoms. The maximum atomic E-state index is 12.3. The van der Waals surface area contributed by atoms with Crippen LogP contribution in [0.1, 0.15) is 22.8 Å². The third kappa shape index (κ3) is 3.37. The predicted molar refractivity (Wildman–Crippen MR) is 94.9 cm³/mol. The van der Waals surface area contributed by atoms with Crippen LogP contribution in [-0.4, -0.2) is 9.99 Å². The Morgan fingerprint density at radius 1 is 1.09 bits per heavy atom. The van der Waals surface area contributed by atoms with Crippen molar-refractivity contribution >= 4 is 38.3 Å². The second kappa shape index (κ2) is 6.51. The first kappa shape index (κ1) is 16.3. The molecule has 0 spiro atoms. The van der Waals surface area contributed by atoms with Crippen LogP contribution < -0.4 is 4.18 Å². The predicted octanol–water partition coefficient (Wildman–Crippen LogP) is 4.61. The molecule has 3 nitrogen and oxygen atoms in total. The average Bonchev–Trinajstić information content (AvgIpc) is 2.53. The molecule has 2 unspecified atom stereocenters. The summed E-state index contributed by atoms with van der Waals surface area (Å²) in [6.45, 7) is 1.71. The first-order valence-corrected chi connectivity index (χ1v) is 9.65. The van der Waals surface area contributed by atoms with E-state index in [1.807, 2.05) is 6.07 Å². The second-order valence-corrected chi connectivity index (χ2v) is 8.55. The van der Waals surface area contributed by atoms with Gasteiger partial charge in [0.15, 0.2) is 5.78 Å². The Bertz CT molecular complexity index is 804. The van der Waals surface area contributed by atoms with Gasteiger partial charge in [0.05, 0.1) is 0 Å². The minimum Gasteiger partial charge on any atom is -0.393 e. The van der Waals surface area contributed by atoms with Gasteiger partial charge in [0, 0.05) is 16.4 Å². The van der Waals surface area contributed by atoms with E-state index in [-0.39, 0.29) is 5.78 Å². The first-order valence-electron chi connectivity index (χ1n) is 6.87. The molecule has 0 fully saturated rings. The number of halogens is 1. The lowest BCUT2D eigenvalue weighted by Crippen LogP contribution is -2.24. The zero-order valence-electron chi connectivity index (χ0n) is 12.2. The van der Waals surface area contributed by atoms with Crippen LogP contribution in [-0.2, 0) is 14.3 Å². The van der Waals surface area contributed by atoms with Gasteiger partial charge in [-0.3, -0.25) is 4.79 Å². The van der Waals surface area contributed by atoms with E-state index in [1.54, 1.807) is 61.5 Å². The maximum Gasteiger partial charge on any atom is 0.273 e. The molecule has 2 aromatic rings. The molecule has 0 aromatic heterocycles. The van der Waals surface area contributed by atoms with Gasteiger partial charge >= 0.3 is 0 Å². The number of rotatable bonds is 4. The summed E-state index contributed by atoms with van der Waals surface area (Å²) in [5.41, 5.74) is 1.70. The van der Waals surface area contributed by atoms with Gasteiger partial charge in [0.25, 0.3) is 10.1 Å². The lowest BCUT2D eigenvalue weighted by Gasteiger charge is -2.28. The number of alkyl halides is 1. The Hall–Kier alpha value is -1.56. The Morgan fingerprint density at radius 2 is 1.74 bits per heavy atom. The Morgan fingerprint density at radius 3 is 2.48 bits per heavy atom. The van der Waals surface area contributed by atoms with Gasteiger partial charge in [-0.2, -0.15) is 0 Å². The van der Waals surface area contributed by atoms with E-state index < -0.39 is 14.3 Å². The van der Waals surface area contributed by atoms with Crippen LogP contribution in [0.4, 0.5) is 0 Å². The van der Waals surface area contributed by atoms with Crippen molar-refractivity contribution in [1.29, 1.82) is 0 Å². The molecular formula is C17H13ClO3S2. The van der Waals surface area contributed by atoms with Crippen LogP contribution in [0.5, 0.6) is 5.75 Å². The molecule has 23 heavy (non-hydrogen) atoms. The standard InChI is InChI=1S/C17H13ClO3S2/c1-12-11-17(18,15-10-6-5-9-14(15)16(12)19)22-23(20)21-13-7-3-2-4-8-13/h2-11H,1H3. The fourth-order valence-electron chi connectivity index (χ4n) is 2.35. The van der Waals surface area contributed by atoms with Crippen molar-refractivity contribution < 1.29 is 13.2 Å². The number of carbonyl (C=O) groups excluding carboxylic acids is 1. The molecule has 6 heteroatoms. The molecule has 2 aromatic carbocycles. The third-order valence-electron chi connectivity index (χ3n) is 3.40. The summed E-state index contributed by atoms with van der Waals surface area (Å²) in [5.74, 6) is 0.437. The Labute approximate surface area is 145 Å². The van der Waals surface area contributed by atoms with Crippen LogP contribution in [0, 0.1) is 0 Å². The summed E-state index contributed by atoms with van der Waals surface area (Å²) in [7, 11) is -0.760. The number of fused-ring (bicyclic) bond motifs is 1. The van der Waals surface area contributed by atoms with Crippen LogP contribution in [0.25, 0.3) is 0 Å². The van der Waals surface area contributed by atoms with Crippen LogP contribution in [0.3, 0.4) is 0 Å². The maximum absolute atomic E-state index is 12.3. The van der Waals surface area contributed by atoms with Crippen molar-refractivity contribution in [2.45, 2.75) is 11.1 Å². The van der Waals surface area contributed by atoms with Crippen LogP contribution in [0.2, 0.25) is 0 Å². The normalized spacial score (nSPS) is 21.3. The summed E-state index contributed by atoms with van der Waals surface area (Å²) < 4.78 is 16.6. The molecule has 0 amide bonds. The number of carbonyl (C=O) groups is 1. The van der Waals surface area contributed by atoms with E-state index in [0.29, 0.717) is 22.4 Å². The molecule has 2 atom stereocenters. The van der Waals surface area contributed by atoms with Gasteiger partial charge in [-0.25, -0.2) is 4.21 Å². The highest BCUT2D eigenvalue weighted by atomic mass is 35.5. The Balaban J connectivity index is 1.89. The molecular weight excluding hydrogens is 352 g/mol. The number of allylic oxidation sites excluding steroid dienone is 1. The van der Waals surface area contributed by atoms with Crippen LogP contribution in [0.15, 0.2) is 66.2 Å². The van der Waals surface area contributed by atoms with E-state index in [1.165, 1.54) is 0 Å². The molecule has 0 heterocycles. The smallest absolute Gasteiger partial charge is 0.273 e. The average molecular weight is 365 g/mol. The van der Waals surface area contributed by atoms with E-state index in [0.717, 1.165) is 10.8 Å². The van der Waals surface area contributed by atoms with Gasteiger partial charge < -0.3 is 4.18 Å². The quantitative estimate of drug-likeness (QED) is 0.587. The number of benzene rings is 2. The molecule has 0 saturated carbocycles. The lowest BCUT2D eigenvalue weighted by atomic mass is 9.90. The fraction of sp³-hybridized carbons (Fsp3) is 0.118. The highest BCUT2D eigenvalue weighted by molar-refractivity contribution is 8.68. The summed E-state index contributed by atoms with van der Waals surface area (Å²) in [6, 6.07) is 16.0. The van der Waals surface area contributed by atoms with Crippen molar-refractivity contribution in [1.82, 2.24) is 0 Å².